The Hall–Kier alpha value is -0.890. The van der Waals surface area contributed by atoms with Gasteiger partial charge in [-0.25, -0.2) is 4.39 Å². The van der Waals surface area contributed by atoms with Crippen LogP contribution in [0, 0.1) is 11.2 Å². The lowest BCUT2D eigenvalue weighted by atomic mass is 9.83. The lowest BCUT2D eigenvalue weighted by molar-refractivity contribution is 0.141. The topological polar surface area (TPSA) is 45.7 Å². The van der Waals surface area contributed by atoms with Crippen LogP contribution in [-0.2, 0) is 11.2 Å². The van der Waals surface area contributed by atoms with Crippen LogP contribution in [0.4, 0.5) is 4.39 Å². The quantitative estimate of drug-likeness (QED) is 0.319. The molecule has 0 aliphatic heterocycles. The summed E-state index contributed by atoms with van der Waals surface area (Å²) in [5, 5.41) is 6.68. The Bertz CT molecular complexity index is 548. The van der Waals surface area contributed by atoms with Crippen LogP contribution in [0.25, 0.3) is 0 Å². The molecule has 1 aliphatic rings. The molecule has 4 nitrogen and oxygen atoms in total. The average Bonchev–Trinajstić information content (AvgIpc) is 3.07. The van der Waals surface area contributed by atoms with E-state index in [9.17, 15) is 4.39 Å². The van der Waals surface area contributed by atoms with Crippen molar-refractivity contribution in [3.8, 4) is 0 Å². The molecule has 148 valence electrons. The molecule has 0 heterocycles. The number of ether oxygens (including phenoxy) is 1. The number of guanidine groups is 1. The molecule has 0 amide bonds. The molecule has 6 heteroatoms. The van der Waals surface area contributed by atoms with Crippen LogP contribution in [0.5, 0.6) is 0 Å². The number of methoxy groups -OCH3 is 1. The maximum atomic E-state index is 13.2. The zero-order valence-corrected chi connectivity index (χ0v) is 18.4. The van der Waals surface area contributed by atoms with E-state index >= 15 is 0 Å². The third kappa shape index (κ3) is 7.78. The first-order chi connectivity index (χ1) is 12.2. The van der Waals surface area contributed by atoms with E-state index in [0.29, 0.717) is 5.41 Å². The number of rotatable bonds is 9. The average molecular weight is 477 g/mol. The summed E-state index contributed by atoms with van der Waals surface area (Å²) < 4.78 is 18.5. The summed E-state index contributed by atoms with van der Waals surface area (Å²) in [6, 6.07) is 6.77. The monoisotopic (exact) mass is 477 g/mol. The lowest BCUT2D eigenvalue weighted by Gasteiger charge is -2.27. The van der Waals surface area contributed by atoms with E-state index in [1.54, 1.807) is 19.2 Å². The van der Waals surface area contributed by atoms with E-state index < -0.39 is 0 Å². The standard InChI is InChI=1S/C20H32FN3O.HI/c1-3-22-19(23-13-9-17-7-6-8-18(21)15-17)24-16-20(12-14-25-2)10-4-5-11-20;/h6-8,15H,3-5,9-14,16H2,1-2H3,(H2,22,23,24);1H. The van der Waals surface area contributed by atoms with Crippen molar-refractivity contribution in [1.82, 2.24) is 10.6 Å². The smallest absolute Gasteiger partial charge is 0.191 e. The Balaban J connectivity index is 0.00000338. The van der Waals surface area contributed by atoms with Gasteiger partial charge in [-0.3, -0.25) is 4.99 Å². The molecular weight excluding hydrogens is 444 g/mol. The first-order valence-electron chi connectivity index (χ1n) is 9.43. The third-order valence-corrected chi connectivity index (χ3v) is 5.01. The van der Waals surface area contributed by atoms with Crippen LogP contribution in [0.1, 0.15) is 44.6 Å². The normalized spacial score (nSPS) is 16.2. The predicted octanol–water partition coefficient (Wildman–Crippen LogP) is 4.14. The molecule has 0 unspecified atom stereocenters. The molecule has 0 spiro atoms. The summed E-state index contributed by atoms with van der Waals surface area (Å²) >= 11 is 0. The highest BCUT2D eigenvalue weighted by atomic mass is 127. The minimum Gasteiger partial charge on any atom is -0.385 e. The zero-order chi connectivity index (χ0) is 18.0. The summed E-state index contributed by atoms with van der Waals surface area (Å²) in [4.78, 5) is 4.83. The van der Waals surface area contributed by atoms with Gasteiger partial charge in [0.2, 0.25) is 0 Å². The molecule has 1 aliphatic carbocycles. The molecule has 2 N–H and O–H groups in total. The molecule has 0 saturated heterocycles. The van der Waals surface area contributed by atoms with Gasteiger partial charge in [-0.15, -0.1) is 24.0 Å². The summed E-state index contributed by atoms with van der Waals surface area (Å²) in [5.41, 5.74) is 1.29. The number of nitrogens with zero attached hydrogens (tertiary/aromatic N) is 1. The van der Waals surface area contributed by atoms with Gasteiger partial charge in [-0.1, -0.05) is 25.0 Å². The lowest BCUT2D eigenvalue weighted by Crippen LogP contribution is -2.39. The first-order valence-corrected chi connectivity index (χ1v) is 9.43. The highest BCUT2D eigenvalue weighted by Gasteiger charge is 2.33. The van der Waals surface area contributed by atoms with E-state index in [1.165, 1.54) is 31.7 Å². The number of hydrogen-bond acceptors (Lipinski definition) is 2. The van der Waals surface area contributed by atoms with Gasteiger partial charge >= 0.3 is 0 Å². The molecule has 0 bridgehead atoms. The van der Waals surface area contributed by atoms with Gasteiger partial charge in [-0.05, 0) is 55.7 Å². The molecule has 0 atom stereocenters. The van der Waals surface area contributed by atoms with E-state index in [4.69, 9.17) is 9.73 Å². The number of hydrogen-bond donors (Lipinski definition) is 2. The molecule has 1 aromatic carbocycles. The van der Waals surface area contributed by atoms with Crippen LogP contribution < -0.4 is 10.6 Å². The van der Waals surface area contributed by atoms with E-state index in [0.717, 1.165) is 50.6 Å². The van der Waals surface area contributed by atoms with Gasteiger partial charge in [0.1, 0.15) is 5.82 Å². The fourth-order valence-corrected chi connectivity index (χ4v) is 3.54. The SMILES string of the molecule is CCNC(=NCC1(CCOC)CCCC1)NCCc1cccc(F)c1.I. The second kappa shape index (κ2) is 12.5. The van der Waals surface area contributed by atoms with Crippen LogP contribution in [0.3, 0.4) is 0 Å². The fraction of sp³-hybridized carbons (Fsp3) is 0.650. The summed E-state index contributed by atoms with van der Waals surface area (Å²) in [6.45, 7) is 5.28. The molecule has 1 fully saturated rings. The third-order valence-electron chi connectivity index (χ3n) is 5.01. The minimum atomic E-state index is -0.181. The Kier molecular flexibility index (Phi) is 11.1. The van der Waals surface area contributed by atoms with Gasteiger partial charge < -0.3 is 15.4 Å². The van der Waals surface area contributed by atoms with Gasteiger partial charge in [0, 0.05) is 33.4 Å². The van der Waals surface area contributed by atoms with Crippen LogP contribution in [0.15, 0.2) is 29.3 Å². The summed E-state index contributed by atoms with van der Waals surface area (Å²) in [6.07, 6.45) is 6.92. The van der Waals surface area contributed by atoms with Crippen LogP contribution in [0.2, 0.25) is 0 Å². The second-order valence-corrected chi connectivity index (χ2v) is 6.95. The molecule has 26 heavy (non-hydrogen) atoms. The maximum Gasteiger partial charge on any atom is 0.191 e. The van der Waals surface area contributed by atoms with Crippen LogP contribution >= 0.6 is 24.0 Å². The largest absolute Gasteiger partial charge is 0.385 e. The van der Waals surface area contributed by atoms with Crippen molar-refractivity contribution in [3.05, 3.63) is 35.6 Å². The number of nitrogens with one attached hydrogen (secondary N) is 2. The predicted molar refractivity (Wildman–Crippen MR) is 117 cm³/mol. The fourth-order valence-electron chi connectivity index (χ4n) is 3.54. The minimum absolute atomic E-state index is 0. The number of halogens is 2. The Labute approximate surface area is 174 Å². The molecule has 2 rings (SSSR count). The van der Waals surface area contributed by atoms with Crippen molar-refractivity contribution in [2.45, 2.75) is 45.4 Å². The van der Waals surface area contributed by atoms with E-state index in [-0.39, 0.29) is 29.8 Å². The maximum absolute atomic E-state index is 13.2. The van der Waals surface area contributed by atoms with Crippen molar-refractivity contribution in [2.24, 2.45) is 10.4 Å². The van der Waals surface area contributed by atoms with Crippen molar-refractivity contribution in [3.63, 3.8) is 0 Å². The van der Waals surface area contributed by atoms with Gasteiger partial charge in [0.15, 0.2) is 5.96 Å². The van der Waals surface area contributed by atoms with Gasteiger partial charge in [-0.2, -0.15) is 0 Å². The van der Waals surface area contributed by atoms with Gasteiger partial charge in [0.25, 0.3) is 0 Å². The summed E-state index contributed by atoms with van der Waals surface area (Å²) in [5.74, 6) is 0.669. The van der Waals surface area contributed by atoms with Crippen molar-refractivity contribution < 1.29 is 9.13 Å². The second-order valence-electron chi connectivity index (χ2n) is 6.95. The highest BCUT2D eigenvalue weighted by Crippen LogP contribution is 2.41. The highest BCUT2D eigenvalue weighted by molar-refractivity contribution is 14.0. The molecule has 0 aromatic heterocycles. The van der Waals surface area contributed by atoms with E-state index in [1.807, 2.05) is 6.07 Å². The Morgan fingerprint density at radius 3 is 2.69 bits per heavy atom. The molecule has 0 radical (unpaired) electrons. The molecule has 1 aromatic rings. The molecular formula is C20H33FIN3O. The van der Waals surface area contributed by atoms with Gasteiger partial charge in [0.05, 0.1) is 0 Å². The van der Waals surface area contributed by atoms with Crippen molar-refractivity contribution in [2.75, 3.05) is 33.4 Å². The number of aliphatic imine (C=N–C) groups is 1. The van der Waals surface area contributed by atoms with E-state index in [2.05, 4.69) is 17.6 Å². The van der Waals surface area contributed by atoms with Crippen molar-refractivity contribution >= 4 is 29.9 Å². The Morgan fingerprint density at radius 1 is 1.27 bits per heavy atom. The number of benzene rings is 1. The first kappa shape index (κ1) is 23.1. The van der Waals surface area contributed by atoms with Crippen molar-refractivity contribution in [1.29, 1.82) is 0 Å². The summed E-state index contributed by atoms with van der Waals surface area (Å²) in [7, 11) is 1.77. The molecule has 1 saturated carbocycles. The Morgan fingerprint density at radius 2 is 2.04 bits per heavy atom. The zero-order valence-electron chi connectivity index (χ0n) is 16.0. The van der Waals surface area contributed by atoms with Crippen LogP contribution in [-0.4, -0.2) is 39.3 Å².